The highest BCUT2D eigenvalue weighted by Crippen LogP contribution is 2.31. The van der Waals surface area contributed by atoms with Crippen molar-refractivity contribution in [2.45, 2.75) is 13.8 Å². The Labute approximate surface area is 108 Å². The molecule has 0 bridgehead atoms. The van der Waals surface area contributed by atoms with E-state index in [4.69, 9.17) is 4.52 Å². The molecule has 0 aliphatic heterocycles. The van der Waals surface area contributed by atoms with Crippen molar-refractivity contribution < 1.29 is 9.09 Å². The summed E-state index contributed by atoms with van der Waals surface area (Å²) >= 11 is 0. The van der Waals surface area contributed by atoms with Crippen molar-refractivity contribution in [3.05, 3.63) is 59.7 Å². The van der Waals surface area contributed by atoms with Crippen LogP contribution in [0.4, 0.5) is 5.69 Å². The van der Waals surface area contributed by atoms with Gasteiger partial charge in [0.15, 0.2) is 5.75 Å². The predicted molar refractivity (Wildman–Crippen MR) is 74.2 cm³/mol. The van der Waals surface area contributed by atoms with Crippen LogP contribution in [-0.4, -0.2) is 0 Å². The molecule has 0 radical (unpaired) electrons. The number of para-hydroxylation sites is 1. The Morgan fingerprint density at radius 1 is 1.00 bits per heavy atom. The fourth-order valence-electron chi connectivity index (χ4n) is 1.55. The second-order valence-electron chi connectivity index (χ2n) is 4.02. The van der Waals surface area contributed by atoms with Gasteiger partial charge in [0.05, 0.1) is 5.69 Å². The van der Waals surface area contributed by atoms with E-state index >= 15 is 0 Å². The molecule has 0 saturated carbocycles. The lowest BCUT2D eigenvalue weighted by atomic mass is 10.1. The lowest BCUT2D eigenvalue weighted by Gasteiger charge is -2.02. The SMILES string of the molecule is Cc1cccc(O[P+](=O)Nc2ccccc2)c1C. The van der Waals surface area contributed by atoms with E-state index in [1.807, 2.05) is 62.4 Å². The van der Waals surface area contributed by atoms with Gasteiger partial charge in [0, 0.05) is 10.1 Å². The van der Waals surface area contributed by atoms with Gasteiger partial charge in [-0.15, -0.1) is 5.09 Å². The van der Waals surface area contributed by atoms with Gasteiger partial charge in [0.1, 0.15) is 0 Å². The highest BCUT2D eigenvalue weighted by atomic mass is 31.1. The van der Waals surface area contributed by atoms with Crippen LogP contribution >= 0.6 is 8.18 Å². The zero-order valence-electron chi connectivity index (χ0n) is 10.4. The summed E-state index contributed by atoms with van der Waals surface area (Å²) in [6.45, 7) is 3.95. The van der Waals surface area contributed by atoms with E-state index in [9.17, 15) is 4.57 Å². The molecule has 2 rings (SSSR count). The Kier molecular flexibility index (Phi) is 3.96. The summed E-state index contributed by atoms with van der Waals surface area (Å²) in [4.78, 5) is 0. The van der Waals surface area contributed by atoms with Crippen molar-refractivity contribution in [2.75, 3.05) is 5.09 Å². The highest BCUT2D eigenvalue weighted by molar-refractivity contribution is 7.41. The summed E-state index contributed by atoms with van der Waals surface area (Å²) in [5.41, 5.74) is 2.91. The van der Waals surface area contributed by atoms with E-state index in [0.29, 0.717) is 5.75 Å². The maximum atomic E-state index is 11.9. The number of rotatable bonds is 4. The van der Waals surface area contributed by atoms with Gasteiger partial charge < -0.3 is 0 Å². The molecule has 4 heteroatoms. The molecule has 0 aliphatic rings. The molecular formula is C14H15NO2P+. The van der Waals surface area contributed by atoms with Gasteiger partial charge in [0.2, 0.25) is 0 Å². The standard InChI is InChI=1S/C14H15NO2P/c1-11-7-6-10-14(12(11)2)17-18(16)15-13-8-4-3-5-9-13/h3-10H,1-2H3,(H,15,16)/q+1. The third kappa shape index (κ3) is 3.08. The maximum Gasteiger partial charge on any atom is 0.694 e. The molecule has 0 saturated heterocycles. The zero-order valence-corrected chi connectivity index (χ0v) is 11.3. The largest absolute Gasteiger partial charge is 0.694 e. The summed E-state index contributed by atoms with van der Waals surface area (Å²) in [6.07, 6.45) is 0. The first-order valence-electron chi connectivity index (χ1n) is 5.70. The Hall–Kier alpha value is -1.86. The number of nitrogens with one attached hydrogen (secondary N) is 1. The van der Waals surface area contributed by atoms with Crippen LogP contribution in [0.1, 0.15) is 11.1 Å². The summed E-state index contributed by atoms with van der Waals surface area (Å²) in [5.74, 6) is 0.652. The van der Waals surface area contributed by atoms with Crippen LogP contribution in [0, 0.1) is 13.8 Å². The number of aryl methyl sites for hydroxylation is 1. The number of anilines is 1. The maximum absolute atomic E-state index is 11.9. The first-order valence-corrected chi connectivity index (χ1v) is 6.88. The first-order chi connectivity index (χ1) is 8.66. The van der Waals surface area contributed by atoms with E-state index < -0.39 is 8.18 Å². The third-order valence-electron chi connectivity index (χ3n) is 2.73. The molecule has 0 aliphatic carbocycles. The summed E-state index contributed by atoms with van der Waals surface area (Å²) < 4.78 is 17.3. The molecule has 3 nitrogen and oxygen atoms in total. The predicted octanol–water partition coefficient (Wildman–Crippen LogP) is 4.45. The fraction of sp³-hybridized carbons (Fsp3) is 0.143. The lowest BCUT2D eigenvalue weighted by Crippen LogP contribution is -1.94. The fourth-order valence-corrected chi connectivity index (χ4v) is 2.34. The lowest BCUT2D eigenvalue weighted by molar-refractivity contribution is 0.508. The van der Waals surface area contributed by atoms with Gasteiger partial charge in [-0.3, -0.25) is 0 Å². The van der Waals surface area contributed by atoms with Crippen LogP contribution in [0.5, 0.6) is 5.75 Å². The number of hydrogen-bond donors (Lipinski definition) is 1. The molecule has 0 amide bonds. The van der Waals surface area contributed by atoms with Gasteiger partial charge in [-0.25, -0.2) is 4.52 Å². The average Bonchev–Trinajstić information content (AvgIpc) is 2.36. The van der Waals surface area contributed by atoms with Crippen LogP contribution in [0.2, 0.25) is 0 Å². The van der Waals surface area contributed by atoms with Crippen LogP contribution in [0.15, 0.2) is 48.5 Å². The molecule has 1 unspecified atom stereocenters. The van der Waals surface area contributed by atoms with E-state index in [1.54, 1.807) is 0 Å². The van der Waals surface area contributed by atoms with Crippen LogP contribution in [0.25, 0.3) is 0 Å². The van der Waals surface area contributed by atoms with Crippen molar-refractivity contribution in [3.8, 4) is 5.75 Å². The van der Waals surface area contributed by atoms with Crippen molar-refractivity contribution in [3.63, 3.8) is 0 Å². The molecule has 92 valence electrons. The van der Waals surface area contributed by atoms with E-state index in [0.717, 1.165) is 16.8 Å². The number of hydrogen-bond acceptors (Lipinski definition) is 2. The van der Waals surface area contributed by atoms with E-state index in [2.05, 4.69) is 5.09 Å². The number of benzene rings is 2. The Balaban J connectivity index is 2.06. The third-order valence-corrected chi connectivity index (χ3v) is 3.53. The van der Waals surface area contributed by atoms with Crippen molar-refractivity contribution in [1.29, 1.82) is 0 Å². The van der Waals surface area contributed by atoms with Gasteiger partial charge >= 0.3 is 8.18 Å². The second kappa shape index (κ2) is 5.65. The van der Waals surface area contributed by atoms with Crippen LogP contribution < -0.4 is 9.61 Å². The Bertz CT molecular complexity index is 555. The minimum Gasteiger partial charge on any atom is -0.235 e. The topological polar surface area (TPSA) is 38.3 Å². The molecule has 18 heavy (non-hydrogen) atoms. The monoisotopic (exact) mass is 260 g/mol. The molecule has 2 aromatic carbocycles. The second-order valence-corrected chi connectivity index (χ2v) is 4.94. The van der Waals surface area contributed by atoms with Gasteiger partial charge in [0.25, 0.3) is 0 Å². The van der Waals surface area contributed by atoms with E-state index in [1.165, 1.54) is 0 Å². The van der Waals surface area contributed by atoms with Gasteiger partial charge in [-0.2, -0.15) is 0 Å². The summed E-state index contributed by atoms with van der Waals surface area (Å²) in [5, 5.41) is 2.82. The Morgan fingerprint density at radius 2 is 1.72 bits per heavy atom. The first kappa shape index (κ1) is 12.6. The van der Waals surface area contributed by atoms with Crippen molar-refractivity contribution >= 4 is 13.9 Å². The molecule has 1 N–H and O–H groups in total. The summed E-state index contributed by atoms with van der Waals surface area (Å²) in [6, 6.07) is 15.1. The quantitative estimate of drug-likeness (QED) is 0.825. The van der Waals surface area contributed by atoms with Gasteiger partial charge in [-0.05, 0) is 37.6 Å². The Morgan fingerprint density at radius 3 is 2.44 bits per heavy atom. The molecule has 0 aromatic heterocycles. The van der Waals surface area contributed by atoms with E-state index in [-0.39, 0.29) is 0 Å². The minimum atomic E-state index is -1.96. The van der Waals surface area contributed by atoms with Crippen molar-refractivity contribution in [2.24, 2.45) is 0 Å². The highest BCUT2D eigenvalue weighted by Gasteiger charge is 2.21. The molecule has 0 fully saturated rings. The summed E-state index contributed by atoms with van der Waals surface area (Å²) in [7, 11) is -1.96. The molecule has 0 spiro atoms. The molecular weight excluding hydrogens is 245 g/mol. The molecule has 2 aromatic rings. The molecule has 1 atom stereocenters. The van der Waals surface area contributed by atoms with Crippen LogP contribution in [0.3, 0.4) is 0 Å². The van der Waals surface area contributed by atoms with Crippen molar-refractivity contribution in [1.82, 2.24) is 0 Å². The average molecular weight is 260 g/mol. The minimum absolute atomic E-state index is 0.652. The van der Waals surface area contributed by atoms with Crippen LogP contribution in [-0.2, 0) is 4.57 Å². The zero-order chi connectivity index (χ0) is 13.0. The van der Waals surface area contributed by atoms with Gasteiger partial charge in [-0.1, -0.05) is 30.3 Å². The molecule has 0 heterocycles. The normalized spacial score (nSPS) is 10.9. The smallest absolute Gasteiger partial charge is 0.235 e.